The van der Waals surface area contributed by atoms with Crippen LogP contribution in [0.25, 0.3) is 10.9 Å². The van der Waals surface area contributed by atoms with Gasteiger partial charge < -0.3 is 4.90 Å². The van der Waals surface area contributed by atoms with Gasteiger partial charge in [-0.05, 0) is 24.3 Å². The second kappa shape index (κ2) is 4.95. The van der Waals surface area contributed by atoms with Crippen molar-refractivity contribution in [2.75, 3.05) is 11.9 Å². The summed E-state index contributed by atoms with van der Waals surface area (Å²) >= 11 is 12.1. The molecule has 1 aliphatic rings. The molecule has 2 aromatic carbocycles. The second-order valence-electron chi connectivity index (χ2n) is 5.30. The van der Waals surface area contributed by atoms with Gasteiger partial charge in [0.15, 0.2) is 0 Å². The monoisotopic (exact) mass is 381 g/mol. The van der Waals surface area contributed by atoms with Crippen molar-refractivity contribution in [2.24, 2.45) is 0 Å². The molecule has 0 atom stereocenters. The number of hydrogen-bond acceptors (Lipinski definition) is 5. The summed E-state index contributed by atoms with van der Waals surface area (Å²) in [4.78, 5) is 18.7. The number of hydrogen-bond donors (Lipinski definition) is 0. The predicted molar refractivity (Wildman–Crippen MR) is 93.1 cm³/mol. The van der Waals surface area contributed by atoms with Crippen molar-refractivity contribution in [3.8, 4) is 0 Å². The summed E-state index contributed by atoms with van der Waals surface area (Å²) in [5.41, 5.74) is -0.0895. The molecule has 0 saturated heterocycles. The van der Waals surface area contributed by atoms with E-state index in [0.717, 1.165) is 0 Å². The Kier molecular flexibility index (Phi) is 3.19. The number of benzene rings is 2. The van der Waals surface area contributed by atoms with Gasteiger partial charge in [-0.3, -0.25) is 4.79 Å². The van der Waals surface area contributed by atoms with E-state index in [9.17, 15) is 13.2 Å². The molecule has 0 bridgehead atoms. The van der Waals surface area contributed by atoms with Gasteiger partial charge in [0.1, 0.15) is 4.90 Å². The highest BCUT2D eigenvalue weighted by molar-refractivity contribution is 7.90. The first kappa shape index (κ1) is 15.4. The Morgan fingerprint density at radius 2 is 1.83 bits per heavy atom. The highest BCUT2D eigenvalue weighted by Gasteiger charge is 2.35. The van der Waals surface area contributed by atoms with Gasteiger partial charge in [0.05, 0.1) is 21.6 Å². The lowest BCUT2D eigenvalue weighted by Crippen LogP contribution is -2.37. The van der Waals surface area contributed by atoms with Crippen LogP contribution in [0.1, 0.15) is 0 Å². The highest BCUT2D eigenvalue weighted by atomic mass is 35.5. The van der Waals surface area contributed by atoms with Crippen LogP contribution in [0.5, 0.6) is 0 Å². The SMILES string of the molecule is CN1c2ccccc2S(=O)(=O)n2c1nc1c(Cl)cc(Cl)cc1c2=O. The number of fused-ring (bicyclic) bond motifs is 3. The third kappa shape index (κ3) is 1.92. The molecule has 1 aromatic heterocycles. The zero-order valence-electron chi connectivity index (χ0n) is 12.2. The lowest BCUT2D eigenvalue weighted by Gasteiger charge is -2.29. The first-order chi connectivity index (χ1) is 11.3. The Morgan fingerprint density at radius 3 is 2.58 bits per heavy atom. The smallest absolute Gasteiger partial charge is 0.277 e. The second-order valence-corrected chi connectivity index (χ2v) is 7.90. The maximum absolute atomic E-state index is 12.9. The zero-order chi connectivity index (χ0) is 17.2. The van der Waals surface area contributed by atoms with Gasteiger partial charge in [-0.15, -0.1) is 0 Å². The minimum Gasteiger partial charge on any atom is -0.313 e. The van der Waals surface area contributed by atoms with E-state index in [4.69, 9.17) is 23.2 Å². The molecule has 4 rings (SSSR count). The van der Waals surface area contributed by atoms with E-state index in [1.807, 2.05) is 0 Å². The van der Waals surface area contributed by atoms with Crippen LogP contribution in [0.4, 0.5) is 11.6 Å². The van der Waals surface area contributed by atoms with Crippen molar-refractivity contribution in [2.45, 2.75) is 4.90 Å². The summed E-state index contributed by atoms with van der Waals surface area (Å²) in [6.07, 6.45) is 0. The van der Waals surface area contributed by atoms with Crippen molar-refractivity contribution < 1.29 is 8.42 Å². The molecule has 24 heavy (non-hydrogen) atoms. The third-order valence-electron chi connectivity index (χ3n) is 3.88. The van der Waals surface area contributed by atoms with E-state index in [1.54, 1.807) is 30.1 Å². The molecule has 0 radical (unpaired) electrons. The molecule has 0 fully saturated rings. The van der Waals surface area contributed by atoms with Gasteiger partial charge in [-0.2, -0.15) is 3.97 Å². The molecule has 9 heteroatoms. The largest absolute Gasteiger partial charge is 0.313 e. The van der Waals surface area contributed by atoms with Crippen molar-refractivity contribution in [1.82, 2.24) is 8.96 Å². The molecule has 6 nitrogen and oxygen atoms in total. The molecule has 2 heterocycles. The maximum Gasteiger partial charge on any atom is 0.277 e. The van der Waals surface area contributed by atoms with Crippen LogP contribution in [-0.4, -0.2) is 24.4 Å². The first-order valence-corrected chi connectivity index (χ1v) is 9.02. The normalized spacial score (nSPS) is 15.2. The lowest BCUT2D eigenvalue weighted by atomic mass is 10.2. The van der Waals surface area contributed by atoms with Crippen LogP contribution in [0.3, 0.4) is 0 Å². The topological polar surface area (TPSA) is 72.3 Å². The highest BCUT2D eigenvalue weighted by Crippen LogP contribution is 2.37. The average molecular weight is 382 g/mol. The Labute approximate surface area is 146 Å². The van der Waals surface area contributed by atoms with Gasteiger partial charge >= 0.3 is 0 Å². The minimum atomic E-state index is -4.07. The first-order valence-electron chi connectivity index (χ1n) is 6.82. The Hall–Kier alpha value is -2.09. The number of aromatic nitrogens is 2. The van der Waals surface area contributed by atoms with Crippen molar-refractivity contribution in [1.29, 1.82) is 0 Å². The number of rotatable bonds is 0. The molecule has 0 N–H and O–H groups in total. The molecule has 0 unspecified atom stereocenters. The minimum absolute atomic E-state index is 0.0181. The van der Waals surface area contributed by atoms with Crippen LogP contribution in [0, 0.1) is 0 Å². The number of anilines is 2. The molecule has 0 aliphatic carbocycles. The fourth-order valence-corrected chi connectivity index (χ4v) is 4.92. The Morgan fingerprint density at radius 1 is 1.12 bits per heavy atom. The van der Waals surface area contributed by atoms with Gasteiger partial charge in [-0.1, -0.05) is 35.3 Å². The van der Waals surface area contributed by atoms with E-state index in [1.165, 1.54) is 18.2 Å². The summed E-state index contributed by atoms with van der Waals surface area (Å²) in [6, 6.07) is 9.23. The molecule has 3 aromatic rings. The molecular formula is C15H9Cl2N3O3S. The summed E-state index contributed by atoms with van der Waals surface area (Å²) in [6.45, 7) is 0. The van der Waals surface area contributed by atoms with Crippen LogP contribution < -0.4 is 10.5 Å². The van der Waals surface area contributed by atoms with Crippen LogP contribution in [0.15, 0.2) is 46.1 Å². The predicted octanol–water partition coefficient (Wildman–Crippen LogP) is 3.02. The number of halogens is 2. The van der Waals surface area contributed by atoms with Crippen molar-refractivity contribution in [3.05, 3.63) is 56.8 Å². The molecular weight excluding hydrogens is 373 g/mol. The fraction of sp³-hybridized carbons (Fsp3) is 0.0667. The van der Waals surface area contributed by atoms with E-state index < -0.39 is 15.6 Å². The Balaban J connectivity index is 2.23. The summed E-state index contributed by atoms with van der Waals surface area (Å²) in [5.74, 6) is -0.0181. The quantitative estimate of drug-likeness (QED) is 0.598. The summed E-state index contributed by atoms with van der Waals surface area (Å²) in [5, 5.41) is 0.462. The molecule has 1 aliphatic heterocycles. The number of nitrogens with zero attached hydrogens (tertiary/aromatic N) is 3. The zero-order valence-corrected chi connectivity index (χ0v) is 14.5. The van der Waals surface area contributed by atoms with Gasteiger partial charge in [0.2, 0.25) is 5.95 Å². The summed E-state index contributed by atoms with van der Waals surface area (Å²) in [7, 11) is -2.43. The van der Waals surface area contributed by atoms with Crippen LogP contribution in [-0.2, 0) is 10.0 Å². The Bertz CT molecular complexity index is 1190. The van der Waals surface area contributed by atoms with E-state index in [2.05, 4.69) is 4.98 Å². The van der Waals surface area contributed by atoms with Gasteiger partial charge in [0.25, 0.3) is 15.6 Å². The molecule has 0 spiro atoms. The molecule has 0 saturated carbocycles. The lowest BCUT2D eigenvalue weighted by molar-refractivity contribution is 0.582. The van der Waals surface area contributed by atoms with E-state index in [-0.39, 0.29) is 31.8 Å². The standard InChI is InChI=1S/C15H9Cl2N3O3S/c1-19-11-4-2-3-5-12(11)24(22,23)20-14(21)9-6-8(16)7-10(17)13(9)18-15(19)20/h2-7H,1H3. The summed E-state index contributed by atoms with van der Waals surface area (Å²) < 4.78 is 26.5. The van der Waals surface area contributed by atoms with Crippen LogP contribution in [0.2, 0.25) is 10.0 Å². The maximum atomic E-state index is 12.9. The number of para-hydroxylation sites is 1. The van der Waals surface area contributed by atoms with Gasteiger partial charge in [0, 0.05) is 12.1 Å². The fourth-order valence-electron chi connectivity index (χ4n) is 2.77. The van der Waals surface area contributed by atoms with Crippen molar-refractivity contribution in [3.63, 3.8) is 0 Å². The van der Waals surface area contributed by atoms with E-state index in [0.29, 0.717) is 9.66 Å². The van der Waals surface area contributed by atoms with Gasteiger partial charge in [-0.25, -0.2) is 13.4 Å². The third-order valence-corrected chi connectivity index (χ3v) is 6.10. The molecule has 122 valence electrons. The average Bonchev–Trinajstić information content (AvgIpc) is 2.53. The van der Waals surface area contributed by atoms with Crippen molar-refractivity contribution >= 4 is 55.8 Å². The van der Waals surface area contributed by atoms with Crippen LogP contribution >= 0.6 is 23.2 Å². The molecule has 0 amide bonds. The van der Waals surface area contributed by atoms with E-state index >= 15 is 0 Å².